The maximum atomic E-state index is 14.2. The van der Waals surface area contributed by atoms with Crippen LogP contribution in [-0.2, 0) is 16.6 Å². The van der Waals surface area contributed by atoms with Gasteiger partial charge in [-0.1, -0.05) is 23.7 Å². The minimum Gasteiger partial charge on any atom is -0.496 e. The van der Waals surface area contributed by atoms with Crippen molar-refractivity contribution < 1.29 is 27.4 Å². The second kappa shape index (κ2) is 9.89. The summed E-state index contributed by atoms with van der Waals surface area (Å²) in [5, 5.41) is 10.1. The van der Waals surface area contributed by atoms with Crippen LogP contribution in [0.5, 0.6) is 11.5 Å². The van der Waals surface area contributed by atoms with Crippen molar-refractivity contribution in [3.8, 4) is 11.5 Å². The van der Waals surface area contributed by atoms with E-state index >= 15 is 0 Å². The van der Waals surface area contributed by atoms with E-state index in [4.69, 9.17) is 21.1 Å². The number of fused-ring (bicyclic) bond motifs is 1. The van der Waals surface area contributed by atoms with Gasteiger partial charge in [-0.2, -0.15) is 0 Å². The van der Waals surface area contributed by atoms with E-state index in [2.05, 4.69) is 0 Å². The lowest BCUT2D eigenvalue weighted by atomic mass is 9.99. The van der Waals surface area contributed by atoms with Crippen LogP contribution in [-0.4, -0.2) is 33.3 Å². The number of rotatable bonds is 7. The fourth-order valence-corrected chi connectivity index (χ4v) is 5.93. The Balaban J connectivity index is 1.76. The first-order valence-corrected chi connectivity index (χ1v) is 12.7. The van der Waals surface area contributed by atoms with E-state index in [-0.39, 0.29) is 28.7 Å². The molecular weight excluding hydrogens is 493 g/mol. The minimum atomic E-state index is -4.05. The highest BCUT2D eigenvalue weighted by atomic mass is 35.5. The van der Waals surface area contributed by atoms with Crippen LogP contribution in [0.3, 0.4) is 0 Å². The number of hydrogen-bond acceptors (Lipinski definition) is 5. The zero-order valence-electron chi connectivity index (χ0n) is 19.5. The lowest BCUT2D eigenvalue weighted by Gasteiger charge is -2.36. The molecule has 0 amide bonds. The highest BCUT2D eigenvalue weighted by Crippen LogP contribution is 2.40. The number of aryl methyl sites for hydroxylation is 1. The predicted octanol–water partition coefficient (Wildman–Crippen LogP) is 5.35. The van der Waals surface area contributed by atoms with Crippen LogP contribution in [0.25, 0.3) is 6.08 Å². The molecule has 0 aliphatic carbocycles. The summed E-state index contributed by atoms with van der Waals surface area (Å²) in [5.74, 6) is 0.308. The first-order valence-electron chi connectivity index (χ1n) is 10.9. The second-order valence-electron chi connectivity index (χ2n) is 8.20. The number of sulfonamides is 1. The number of methoxy groups -OCH3 is 1. The Hall–Kier alpha value is -3.07. The van der Waals surface area contributed by atoms with E-state index in [1.165, 1.54) is 35.7 Å². The monoisotopic (exact) mass is 517 g/mol. The molecule has 1 aliphatic rings. The first-order chi connectivity index (χ1) is 16.7. The summed E-state index contributed by atoms with van der Waals surface area (Å²) in [6, 6.07) is 13.4. The Labute approximate surface area is 209 Å². The van der Waals surface area contributed by atoms with E-state index < -0.39 is 21.9 Å². The van der Waals surface area contributed by atoms with Crippen molar-refractivity contribution in [1.29, 1.82) is 0 Å². The number of ether oxygens (including phenoxy) is 2. The van der Waals surface area contributed by atoms with E-state index in [0.717, 1.165) is 5.56 Å². The van der Waals surface area contributed by atoms with E-state index in [9.17, 15) is 17.9 Å². The average molecular weight is 518 g/mol. The molecule has 184 valence electrons. The normalized spacial score (nSPS) is 15.4. The third kappa shape index (κ3) is 4.74. The zero-order valence-corrected chi connectivity index (χ0v) is 21.0. The van der Waals surface area contributed by atoms with Crippen LogP contribution in [0, 0.1) is 12.7 Å². The molecule has 0 aromatic heterocycles. The summed E-state index contributed by atoms with van der Waals surface area (Å²) in [6.45, 7) is 3.11. The molecular formula is C26H25ClFNO5S. The summed E-state index contributed by atoms with van der Waals surface area (Å²) < 4.78 is 54.2. The fourth-order valence-electron chi connectivity index (χ4n) is 4.02. The van der Waals surface area contributed by atoms with Crippen LogP contribution >= 0.6 is 11.6 Å². The van der Waals surface area contributed by atoms with Crippen LogP contribution in [0.2, 0.25) is 5.02 Å². The van der Waals surface area contributed by atoms with Gasteiger partial charge in [-0.3, -0.25) is 4.31 Å². The molecule has 1 aliphatic heterocycles. The van der Waals surface area contributed by atoms with E-state index in [1.54, 1.807) is 43.3 Å². The van der Waals surface area contributed by atoms with Crippen molar-refractivity contribution in [3.05, 3.63) is 87.7 Å². The average Bonchev–Trinajstić information content (AvgIpc) is 2.83. The van der Waals surface area contributed by atoms with Crippen molar-refractivity contribution in [3.63, 3.8) is 0 Å². The third-order valence-corrected chi connectivity index (χ3v) is 8.27. The van der Waals surface area contributed by atoms with Gasteiger partial charge in [-0.05, 0) is 67.0 Å². The number of halogens is 2. The molecule has 35 heavy (non-hydrogen) atoms. The molecule has 1 heterocycles. The highest BCUT2D eigenvalue weighted by Gasteiger charge is 2.35. The van der Waals surface area contributed by atoms with Crippen LogP contribution in [0.1, 0.15) is 23.6 Å². The Morgan fingerprint density at radius 2 is 1.91 bits per heavy atom. The van der Waals surface area contributed by atoms with E-state index in [1.807, 2.05) is 6.92 Å². The maximum Gasteiger partial charge on any atom is 0.265 e. The molecule has 0 unspecified atom stereocenters. The Kier molecular flexibility index (Phi) is 7.07. The van der Waals surface area contributed by atoms with Crippen molar-refractivity contribution in [1.82, 2.24) is 0 Å². The quantitative estimate of drug-likeness (QED) is 0.457. The van der Waals surface area contributed by atoms with Gasteiger partial charge in [0.2, 0.25) is 0 Å². The molecule has 0 spiro atoms. The number of aliphatic hydroxyl groups excluding tert-OH is 1. The van der Waals surface area contributed by atoms with Crippen LogP contribution < -0.4 is 13.8 Å². The molecule has 0 saturated heterocycles. The number of benzene rings is 3. The van der Waals surface area contributed by atoms with Gasteiger partial charge < -0.3 is 14.6 Å². The van der Waals surface area contributed by atoms with Gasteiger partial charge in [0.05, 0.1) is 35.4 Å². The van der Waals surface area contributed by atoms with Crippen molar-refractivity contribution in [2.75, 3.05) is 18.0 Å². The zero-order chi connectivity index (χ0) is 25.3. The first kappa shape index (κ1) is 25.0. The predicted molar refractivity (Wildman–Crippen MR) is 134 cm³/mol. The van der Waals surface area contributed by atoms with Crippen molar-refractivity contribution in [2.45, 2.75) is 31.4 Å². The summed E-state index contributed by atoms with van der Waals surface area (Å²) >= 11 is 6.10. The van der Waals surface area contributed by atoms with Gasteiger partial charge in [0.15, 0.2) is 0 Å². The Bertz CT molecular complexity index is 1390. The third-order valence-electron chi connectivity index (χ3n) is 6.03. The Morgan fingerprint density at radius 1 is 1.14 bits per heavy atom. The number of hydrogen-bond donors (Lipinski definition) is 1. The van der Waals surface area contributed by atoms with Crippen molar-refractivity contribution >= 4 is 33.4 Å². The van der Waals surface area contributed by atoms with Gasteiger partial charge in [-0.15, -0.1) is 0 Å². The maximum absolute atomic E-state index is 14.2. The summed E-state index contributed by atoms with van der Waals surface area (Å²) in [7, 11) is -2.57. The van der Waals surface area contributed by atoms with Gasteiger partial charge in [0, 0.05) is 17.7 Å². The van der Waals surface area contributed by atoms with Gasteiger partial charge in [0.25, 0.3) is 10.0 Å². The molecule has 0 radical (unpaired) electrons. The second-order valence-corrected chi connectivity index (χ2v) is 10.4. The molecule has 4 rings (SSSR count). The molecule has 3 aromatic carbocycles. The molecule has 1 N–H and O–H groups in total. The molecule has 0 bridgehead atoms. The lowest BCUT2D eigenvalue weighted by molar-refractivity contribution is 0.300. The standard InChI is InChI=1S/C26H25ClFNO5S/c1-16-7-10-21(13-26(16)33-3)35(31,32)29-17(2)19(14-30)11-18-8-9-20(12-25(18)29)34-15-22-23(27)5-4-6-24(22)28/h4-13,17,30H,14-15H2,1-3H3/t17-/m1/s1. The minimum absolute atomic E-state index is 0.0569. The summed E-state index contributed by atoms with van der Waals surface area (Å²) in [4.78, 5) is 0.0569. The number of anilines is 1. The number of nitrogens with zero attached hydrogens (tertiary/aromatic N) is 1. The molecule has 0 fully saturated rings. The molecule has 6 nitrogen and oxygen atoms in total. The summed E-state index contributed by atoms with van der Waals surface area (Å²) in [5.41, 5.74) is 2.54. The molecule has 3 aromatic rings. The van der Waals surface area contributed by atoms with E-state index in [0.29, 0.717) is 28.3 Å². The SMILES string of the molecule is COc1cc(S(=O)(=O)N2c3cc(OCc4c(F)cccc4Cl)ccc3C=C(CO)[C@H]2C)ccc1C. The van der Waals surface area contributed by atoms with Gasteiger partial charge in [-0.25, -0.2) is 12.8 Å². The smallest absolute Gasteiger partial charge is 0.265 e. The highest BCUT2D eigenvalue weighted by molar-refractivity contribution is 7.92. The van der Waals surface area contributed by atoms with Crippen molar-refractivity contribution in [2.24, 2.45) is 0 Å². The topological polar surface area (TPSA) is 76.1 Å². The van der Waals surface area contributed by atoms with Gasteiger partial charge >= 0.3 is 0 Å². The van der Waals surface area contributed by atoms with Gasteiger partial charge in [0.1, 0.15) is 23.9 Å². The Morgan fingerprint density at radius 3 is 2.60 bits per heavy atom. The molecule has 9 heteroatoms. The van der Waals surface area contributed by atoms with Crippen LogP contribution in [0.15, 0.2) is 65.1 Å². The van der Waals surface area contributed by atoms with Crippen LogP contribution in [0.4, 0.5) is 10.1 Å². The summed E-state index contributed by atoms with van der Waals surface area (Å²) in [6.07, 6.45) is 1.76. The lowest BCUT2D eigenvalue weighted by Crippen LogP contribution is -2.42. The number of aliphatic hydroxyl groups is 1. The fraction of sp³-hybridized carbons (Fsp3) is 0.231. The largest absolute Gasteiger partial charge is 0.496 e. The molecule has 1 atom stereocenters. The molecule has 0 saturated carbocycles.